The summed E-state index contributed by atoms with van der Waals surface area (Å²) < 4.78 is 0. The Morgan fingerprint density at radius 3 is 1.95 bits per heavy atom. The van der Waals surface area contributed by atoms with Crippen molar-refractivity contribution >= 4 is 71.1 Å². The van der Waals surface area contributed by atoms with Crippen LogP contribution in [0.1, 0.15) is 31.2 Å². The number of benzene rings is 1. The Hall–Kier alpha value is -0.1000. The molecule has 0 atom stereocenters. The minimum Gasteiger partial charge on any atom is -0.478 e. The molecule has 1 aliphatic carbocycles. The van der Waals surface area contributed by atoms with Crippen LogP contribution < -0.4 is 0 Å². The second-order valence-electron chi connectivity index (χ2n) is 5.15. The zero-order valence-corrected chi connectivity index (χ0v) is 17.2. The third-order valence-electron chi connectivity index (χ3n) is 3.80. The van der Waals surface area contributed by atoms with Crippen molar-refractivity contribution in [3.63, 3.8) is 0 Å². The van der Waals surface area contributed by atoms with Crippen molar-refractivity contribution in [3.05, 3.63) is 47.0 Å². The van der Waals surface area contributed by atoms with Crippen molar-refractivity contribution in [3.8, 4) is 0 Å². The smallest absolute Gasteiger partial charge is 0.332 e. The maximum Gasteiger partial charge on any atom is 0.332 e. The maximum atomic E-state index is 11.5. The van der Waals surface area contributed by atoms with Crippen molar-refractivity contribution in [2.45, 2.75) is 32.1 Å². The monoisotopic (exact) mass is 320 g/mol. The van der Waals surface area contributed by atoms with Crippen LogP contribution in [0.2, 0.25) is 0 Å². The molecule has 1 fully saturated rings. The van der Waals surface area contributed by atoms with Gasteiger partial charge < -0.3 is 10.2 Å². The summed E-state index contributed by atoms with van der Waals surface area (Å²) in [6, 6.07) is 9.13. The summed E-state index contributed by atoms with van der Waals surface area (Å²) in [6.07, 6.45) is 3.65. The molecule has 22 heavy (non-hydrogen) atoms. The Morgan fingerprint density at radius 1 is 0.955 bits per heavy atom. The molecule has 0 heterocycles. The summed E-state index contributed by atoms with van der Waals surface area (Å²) in [5.41, 5.74) is 0.941. The minimum absolute atomic E-state index is 0. The van der Waals surface area contributed by atoms with Crippen LogP contribution in [0.3, 0.4) is 0 Å². The SMILES string of the molecule is O=C(O)C(Cc1ccccc1)=C(C(=O)O)C1CCCC1.[Na].[Na]. The van der Waals surface area contributed by atoms with Gasteiger partial charge in [-0.15, -0.1) is 0 Å². The first-order valence-electron chi connectivity index (χ1n) is 6.83. The molecule has 1 aromatic carbocycles. The van der Waals surface area contributed by atoms with Crippen LogP contribution in [0.15, 0.2) is 41.5 Å². The summed E-state index contributed by atoms with van der Waals surface area (Å²) >= 11 is 0. The molecule has 4 nitrogen and oxygen atoms in total. The Morgan fingerprint density at radius 2 is 1.50 bits per heavy atom. The average Bonchev–Trinajstić information content (AvgIpc) is 2.92. The predicted molar refractivity (Wildman–Crippen MR) is 85.9 cm³/mol. The fourth-order valence-corrected chi connectivity index (χ4v) is 2.85. The molecule has 2 radical (unpaired) electrons. The van der Waals surface area contributed by atoms with E-state index in [4.69, 9.17) is 0 Å². The Kier molecular flexibility index (Phi) is 10.6. The third kappa shape index (κ3) is 5.84. The molecule has 0 aliphatic heterocycles. The van der Waals surface area contributed by atoms with Crippen molar-refractivity contribution in [2.24, 2.45) is 5.92 Å². The van der Waals surface area contributed by atoms with E-state index < -0.39 is 11.9 Å². The van der Waals surface area contributed by atoms with Crippen LogP contribution in [0.5, 0.6) is 0 Å². The van der Waals surface area contributed by atoms with Gasteiger partial charge in [0, 0.05) is 65.5 Å². The standard InChI is InChI=1S/C16H18O4.2Na/c17-15(18)13(10-11-6-2-1-3-7-11)14(16(19)20)12-8-4-5-9-12;;/h1-3,6-7,12H,4-5,8-10H2,(H,17,18)(H,19,20);;. The number of hydrogen-bond acceptors (Lipinski definition) is 2. The van der Waals surface area contributed by atoms with Gasteiger partial charge in [-0.3, -0.25) is 0 Å². The van der Waals surface area contributed by atoms with Gasteiger partial charge in [0.2, 0.25) is 0 Å². The van der Waals surface area contributed by atoms with Crippen molar-refractivity contribution in [1.82, 2.24) is 0 Å². The largest absolute Gasteiger partial charge is 0.478 e. The first-order chi connectivity index (χ1) is 9.59. The van der Waals surface area contributed by atoms with E-state index in [0.717, 1.165) is 31.2 Å². The van der Waals surface area contributed by atoms with Crippen LogP contribution in [-0.4, -0.2) is 81.3 Å². The number of carboxylic acids is 2. The molecule has 1 saturated carbocycles. The second-order valence-corrected chi connectivity index (χ2v) is 5.15. The molecule has 108 valence electrons. The summed E-state index contributed by atoms with van der Waals surface area (Å²) in [7, 11) is 0. The van der Waals surface area contributed by atoms with Gasteiger partial charge >= 0.3 is 11.9 Å². The molecule has 2 rings (SSSR count). The van der Waals surface area contributed by atoms with Gasteiger partial charge in [-0.05, 0) is 24.3 Å². The van der Waals surface area contributed by atoms with E-state index in [2.05, 4.69) is 0 Å². The van der Waals surface area contributed by atoms with Crippen molar-refractivity contribution in [1.29, 1.82) is 0 Å². The van der Waals surface area contributed by atoms with E-state index in [1.54, 1.807) is 0 Å². The first kappa shape index (κ1) is 21.9. The number of carbonyl (C=O) groups is 2. The molecule has 0 amide bonds. The summed E-state index contributed by atoms with van der Waals surface area (Å²) in [6.45, 7) is 0. The quantitative estimate of drug-likeness (QED) is 0.644. The van der Waals surface area contributed by atoms with Gasteiger partial charge in [0.25, 0.3) is 0 Å². The van der Waals surface area contributed by atoms with E-state index in [0.29, 0.717) is 0 Å². The summed E-state index contributed by atoms with van der Waals surface area (Å²) in [4.78, 5) is 23.0. The zero-order chi connectivity index (χ0) is 14.5. The molecule has 0 unspecified atom stereocenters. The second kappa shape index (κ2) is 10.6. The van der Waals surface area contributed by atoms with Crippen LogP contribution in [0, 0.1) is 5.92 Å². The van der Waals surface area contributed by atoms with Crippen LogP contribution >= 0.6 is 0 Å². The molecular weight excluding hydrogens is 302 g/mol. The fourth-order valence-electron chi connectivity index (χ4n) is 2.85. The Bertz CT molecular complexity index is 534. The fraction of sp³-hybridized carbons (Fsp3) is 0.375. The van der Waals surface area contributed by atoms with Gasteiger partial charge in [-0.1, -0.05) is 43.2 Å². The van der Waals surface area contributed by atoms with Gasteiger partial charge in [-0.2, -0.15) is 0 Å². The predicted octanol–water partition coefficient (Wildman–Crippen LogP) is 2.12. The van der Waals surface area contributed by atoms with E-state index >= 15 is 0 Å². The third-order valence-corrected chi connectivity index (χ3v) is 3.80. The van der Waals surface area contributed by atoms with Crippen molar-refractivity contribution < 1.29 is 19.8 Å². The van der Waals surface area contributed by atoms with Gasteiger partial charge in [0.15, 0.2) is 0 Å². The van der Waals surface area contributed by atoms with Crippen molar-refractivity contribution in [2.75, 3.05) is 0 Å². The van der Waals surface area contributed by atoms with Crippen LogP contribution in [0.25, 0.3) is 0 Å². The molecule has 1 aromatic rings. The zero-order valence-electron chi connectivity index (χ0n) is 13.2. The molecule has 0 bridgehead atoms. The number of hydrogen-bond donors (Lipinski definition) is 2. The normalized spacial score (nSPS) is 15.3. The Labute approximate surface area is 174 Å². The van der Waals surface area contributed by atoms with E-state index in [1.165, 1.54) is 0 Å². The molecule has 0 spiro atoms. The van der Waals surface area contributed by atoms with Crippen LogP contribution in [0.4, 0.5) is 0 Å². The minimum atomic E-state index is -1.13. The summed E-state index contributed by atoms with van der Waals surface area (Å²) in [5.74, 6) is -2.34. The average molecular weight is 320 g/mol. The van der Waals surface area contributed by atoms with E-state index in [9.17, 15) is 19.8 Å². The van der Waals surface area contributed by atoms with Gasteiger partial charge in [-0.25, -0.2) is 9.59 Å². The maximum absolute atomic E-state index is 11.5. The summed E-state index contributed by atoms with van der Waals surface area (Å²) in [5, 5.41) is 18.8. The Balaban J connectivity index is 0.00000220. The van der Waals surface area contributed by atoms with E-state index in [1.807, 2.05) is 30.3 Å². The van der Waals surface area contributed by atoms with Crippen LogP contribution in [-0.2, 0) is 16.0 Å². The number of carboxylic acid groups (broad SMARTS) is 2. The molecular formula is C16H18Na2O4. The topological polar surface area (TPSA) is 74.6 Å². The number of aliphatic carboxylic acids is 2. The molecule has 0 saturated heterocycles. The van der Waals surface area contributed by atoms with E-state index in [-0.39, 0.29) is 82.6 Å². The van der Waals surface area contributed by atoms with Gasteiger partial charge in [0.1, 0.15) is 0 Å². The molecule has 2 N–H and O–H groups in total. The van der Waals surface area contributed by atoms with Gasteiger partial charge in [0.05, 0.1) is 11.1 Å². The first-order valence-corrected chi connectivity index (χ1v) is 6.83. The number of rotatable bonds is 5. The molecule has 0 aromatic heterocycles. The molecule has 1 aliphatic rings. The molecule has 6 heteroatoms.